The van der Waals surface area contributed by atoms with E-state index in [-0.39, 0.29) is 24.8 Å². The summed E-state index contributed by atoms with van der Waals surface area (Å²) in [5, 5.41) is 1.31. The van der Waals surface area contributed by atoms with Crippen molar-refractivity contribution in [1.82, 2.24) is 4.57 Å². The van der Waals surface area contributed by atoms with E-state index in [0.717, 1.165) is 0 Å². The van der Waals surface area contributed by atoms with E-state index in [2.05, 4.69) is 48.1 Å². The highest BCUT2D eigenvalue weighted by Gasteiger charge is 1.92. The Bertz CT molecular complexity index is 354. The molecule has 2 rings (SSSR count). The first kappa shape index (κ1) is 11.3. The Morgan fingerprint density at radius 3 is 2.33 bits per heavy atom. The summed E-state index contributed by atoms with van der Waals surface area (Å²) in [6, 6.07) is 10.5. The number of benzene rings is 1. The molecule has 0 saturated carbocycles. The van der Waals surface area contributed by atoms with E-state index in [0.29, 0.717) is 0 Å². The predicted octanol–water partition coefficient (Wildman–Crippen LogP) is 3.02. The quantitative estimate of drug-likeness (QED) is 0.621. The second kappa shape index (κ2) is 4.39. The Morgan fingerprint density at radius 1 is 1.00 bits per heavy atom. The third-order valence-electron chi connectivity index (χ3n) is 1.79. The van der Waals surface area contributed by atoms with E-state index >= 15 is 0 Å². The van der Waals surface area contributed by atoms with Gasteiger partial charge in [-0.3, -0.25) is 0 Å². The minimum absolute atomic E-state index is 0. The highest BCUT2D eigenvalue weighted by Crippen LogP contribution is 2.12. The third kappa shape index (κ3) is 1.74. The number of para-hydroxylation sites is 1. The fraction of sp³-hybridized carbons (Fsp3) is 0.111. The molecule has 0 unspecified atom stereocenters. The molecule has 66 valence electrons. The lowest BCUT2D eigenvalue weighted by Crippen LogP contribution is -1.81. The fourth-order valence-corrected chi connectivity index (χ4v) is 1.22. The van der Waals surface area contributed by atoms with Crippen LogP contribution in [0.25, 0.3) is 10.9 Å². The first-order valence-corrected chi connectivity index (χ1v) is 3.38. The second-order valence-electron chi connectivity index (χ2n) is 2.49. The first-order valence-electron chi connectivity index (χ1n) is 3.38. The van der Waals surface area contributed by atoms with Crippen LogP contribution in [0.15, 0.2) is 36.5 Å². The van der Waals surface area contributed by atoms with E-state index < -0.39 is 0 Å². The minimum Gasteiger partial charge on any atom is -0.351 e. The fourth-order valence-electron chi connectivity index (χ4n) is 1.22. The lowest BCUT2D eigenvalue weighted by Gasteiger charge is -1.92. The summed E-state index contributed by atoms with van der Waals surface area (Å²) in [7, 11) is 2.06. The normalized spacial score (nSPS) is 8.75. The predicted molar refractivity (Wildman–Crippen MR) is 57.4 cm³/mol. The van der Waals surface area contributed by atoms with Gasteiger partial charge in [0.1, 0.15) is 0 Å². The number of fused-ring (bicyclic) bond motifs is 1. The molecule has 0 radical (unpaired) electrons. The van der Waals surface area contributed by atoms with E-state index in [1.807, 2.05) is 0 Å². The standard InChI is InChI=1S/C9H9N.2ClH/c1-10-7-6-8-4-2-3-5-9(8)10;;/h2-7H,1H3;2*1H. The molecule has 1 aromatic carbocycles. The summed E-state index contributed by atoms with van der Waals surface area (Å²) in [5.41, 5.74) is 1.29. The molecule has 2 aromatic rings. The van der Waals surface area contributed by atoms with E-state index in [1.165, 1.54) is 10.9 Å². The number of halogens is 2. The number of rotatable bonds is 0. The molecule has 1 heterocycles. The van der Waals surface area contributed by atoms with Gasteiger partial charge < -0.3 is 4.57 Å². The van der Waals surface area contributed by atoms with Gasteiger partial charge in [-0.2, -0.15) is 0 Å². The van der Waals surface area contributed by atoms with Crippen LogP contribution in [0.4, 0.5) is 0 Å². The topological polar surface area (TPSA) is 4.93 Å². The van der Waals surface area contributed by atoms with Gasteiger partial charge in [-0.15, -0.1) is 24.8 Å². The summed E-state index contributed by atoms with van der Waals surface area (Å²) >= 11 is 0. The van der Waals surface area contributed by atoms with Gasteiger partial charge >= 0.3 is 0 Å². The van der Waals surface area contributed by atoms with Crippen LogP contribution in [0, 0.1) is 0 Å². The molecule has 0 spiro atoms. The van der Waals surface area contributed by atoms with Crippen LogP contribution < -0.4 is 0 Å². The van der Waals surface area contributed by atoms with E-state index in [4.69, 9.17) is 0 Å². The molecule has 0 atom stereocenters. The number of aryl methyl sites for hydroxylation is 1. The zero-order valence-electron chi connectivity index (χ0n) is 6.73. The number of nitrogens with zero attached hydrogens (tertiary/aromatic N) is 1. The molecule has 1 nitrogen and oxygen atoms in total. The maximum atomic E-state index is 2.12. The Labute approximate surface area is 84.2 Å². The molecule has 3 heteroatoms. The number of hydrogen-bond donors (Lipinski definition) is 0. The molecule has 0 aliphatic rings. The summed E-state index contributed by atoms with van der Waals surface area (Å²) in [6.07, 6.45) is 2.07. The maximum Gasteiger partial charge on any atom is 0.0477 e. The van der Waals surface area contributed by atoms with Crippen molar-refractivity contribution in [2.75, 3.05) is 0 Å². The molecule has 0 aliphatic heterocycles. The van der Waals surface area contributed by atoms with Gasteiger partial charge in [-0.05, 0) is 17.5 Å². The lowest BCUT2D eigenvalue weighted by molar-refractivity contribution is 0.969. The first-order chi connectivity index (χ1) is 4.88. The van der Waals surface area contributed by atoms with Crippen molar-refractivity contribution in [2.24, 2.45) is 7.05 Å². The Balaban J connectivity index is 0.000000605. The molecule has 12 heavy (non-hydrogen) atoms. The van der Waals surface area contributed by atoms with Crippen molar-refractivity contribution < 1.29 is 0 Å². The molecule has 0 aliphatic carbocycles. The molecular formula is C9H11Cl2N. The summed E-state index contributed by atoms with van der Waals surface area (Å²) in [5.74, 6) is 0. The summed E-state index contributed by atoms with van der Waals surface area (Å²) in [4.78, 5) is 0. The van der Waals surface area contributed by atoms with Gasteiger partial charge in [0, 0.05) is 18.8 Å². The van der Waals surface area contributed by atoms with Gasteiger partial charge in [-0.25, -0.2) is 0 Å². The molecule has 0 N–H and O–H groups in total. The van der Waals surface area contributed by atoms with Crippen LogP contribution >= 0.6 is 24.8 Å². The highest BCUT2D eigenvalue weighted by molar-refractivity contribution is 5.85. The van der Waals surface area contributed by atoms with Crippen LogP contribution in [-0.2, 0) is 7.05 Å². The maximum absolute atomic E-state index is 2.12. The second-order valence-corrected chi connectivity index (χ2v) is 2.49. The zero-order chi connectivity index (χ0) is 6.97. The largest absolute Gasteiger partial charge is 0.351 e. The van der Waals surface area contributed by atoms with E-state index in [1.54, 1.807) is 0 Å². The molecule has 0 fully saturated rings. The minimum atomic E-state index is 0. The molecular weight excluding hydrogens is 193 g/mol. The van der Waals surface area contributed by atoms with Gasteiger partial charge in [0.15, 0.2) is 0 Å². The molecule has 0 amide bonds. The number of aromatic nitrogens is 1. The van der Waals surface area contributed by atoms with Gasteiger partial charge in [0.2, 0.25) is 0 Å². The third-order valence-corrected chi connectivity index (χ3v) is 1.79. The average Bonchev–Trinajstić information content (AvgIpc) is 2.34. The van der Waals surface area contributed by atoms with Crippen LogP contribution in [0.3, 0.4) is 0 Å². The Morgan fingerprint density at radius 2 is 1.67 bits per heavy atom. The average molecular weight is 204 g/mol. The van der Waals surface area contributed by atoms with Gasteiger partial charge in [0.05, 0.1) is 0 Å². The van der Waals surface area contributed by atoms with Crippen molar-refractivity contribution in [1.29, 1.82) is 0 Å². The Hall–Kier alpha value is -0.660. The van der Waals surface area contributed by atoms with Gasteiger partial charge in [0.25, 0.3) is 0 Å². The summed E-state index contributed by atoms with van der Waals surface area (Å²) in [6.45, 7) is 0. The van der Waals surface area contributed by atoms with Crippen molar-refractivity contribution in [3.05, 3.63) is 36.5 Å². The zero-order valence-corrected chi connectivity index (χ0v) is 8.36. The molecule has 0 saturated heterocycles. The Kier molecular flexibility index (Phi) is 4.15. The number of hydrogen-bond acceptors (Lipinski definition) is 0. The van der Waals surface area contributed by atoms with Crippen LogP contribution in [0.2, 0.25) is 0 Å². The van der Waals surface area contributed by atoms with Crippen LogP contribution in [0.1, 0.15) is 0 Å². The van der Waals surface area contributed by atoms with Crippen molar-refractivity contribution in [2.45, 2.75) is 0 Å². The highest BCUT2D eigenvalue weighted by atomic mass is 35.5. The SMILES string of the molecule is Cl.Cl.Cn1ccc2ccccc21. The monoisotopic (exact) mass is 203 g/mol. The molecule has 1 aromatic heterocycles. The van der Waals surface area contributed by atoms with E-state index in [9.17, 15) is 0 Å². The van der Waals surface area contributed by atoms with Gasteiger partial charge in [-0.1, -0.05) is 18.2 Å². The van der Waals surface area contributed by atoms with Crippen molar-refractivity contribution in [3.8, 4) is 0 Å². The molecule has 0 bridgehead atoms. The van der Waals surface area contributed by atoms with Crippen molar-refractivity contribution >= 4 is 35.7 Å². The van der Waals surface area contributed by atoms with Crippen LogP contribution in [0.5, 0.6) is 0 Å². The van der Waals surface area contributed by atoms with Crippen LogP contribution in [-0.4, -0.2) is 4.57 Å². The summed E-state index contributed by atoms with van der Waals surface area (Å²) < 4.78 is 2.12. The lowest BCUT2D eigenvalue weighted by atomic mass is 10.2. The van der Waals surface area contributed by atoms with Crippen molar-refractivity contribution in [3.63, 3.8) is 0 Å². The smallest absolute Gasteiger partial charge is 0.0477 e.